The first-order valence-corrected chi connectivity index (χ1v) is 7.60. The fourth-order valence-electron chi connectivity index (χ4n) is 2.25. The van der Waals surface area contributed by atoms with Crippen molar-refractivity contribution in [2.45, 2.75) is 26.4 Å². The van der Waals surface area contributed by atoms with E-state index in [1.54, 1.807) is 23.1 Å². The SMILES string of the molecule is C=C(c1ccc2nccn2n1)c1cnc(NCC(C)(C)F)nc1C. The van der Waals surface area contributed by atoms with Gasteiger partial charge in [-0.05, 0) is 32.9 Å². The van der Waals surface area contributed by atoms with Crippen LogP contribution >= 0.6 is 0 Å². The molecular formula is C17H19FN6. The molecule has 0 aromatic carbocycles. The minimum absolute atomic E-state index is 0.144. The van der Waals surface area contributed by atoms with Crippen molar-refractivity contribution in [1.29, 1.82) is 0 Å². The van der Waals surface area contributed by atoms with E-state index in [0.29, 0.717) is 5.95 Å². The fraction of sp³-hybridized carbons (Fsp3) is 0.294. The number of anilines is 1. The minimum atomic E-state index is -1.33. The van der Waals surface area contributed by atoms with Crippen molar-refractivity contribution < 1.29 is 4.39 Å². The number of aryl methyl sites for hydroxylation is 1. The summed E-state index contributed by atoms with van der Waals surface area (Å²) in [6.07, 6.45) is 5.15. The van der Waals surface area contributed by atoms with Gasteiger partial charge in [0, 0.05) is 29.7 Å². The molecule has 3 rings (SSSR count). The van der Waals surface area contributed by atoms with Crippen LogP contribution in [-0.2, 0) is 0 Å². The van der Waals surface area contributed by atoms with Gasteiger partial charge in [0.15, 0.2) is 5.65 Å². The molecule has 0 aliphatic rings. The molecule has 124 valence electrons. The summed E-state index contributed by atoms with van der Waals surface area (Å²) in [5.41, 5.74) is 2.43. The van der Waals surface area contributed by atoms with Crippen LogP contribution in [0.25, 0.3) is 11.2 Å². The number of nitrogens with zero attached hydrogens (tertiary/aromatic N) is 5. The number of imidazole rings is 1. The quantitative estimate of drug-likeness (QED) is 0.780. The monoisotopic (exact) mass is 326 g/mol. The molecular weight excluding hydrogens is 307 g/mol. The highest BCUT2D eigenvalue weighted by atomic mass is 19.1. The molecule has 1 N–H and O–H groups in total. The van der Waals surface area contributed by atoms with Crippen molar-refractivity contribution in [2.24, 2.45) is 0 Å². The highest BCUT2D eigenvalue weighted by molar-refractivity contribution is 5.77. The maximum atomic E-state index is 13.6. The highest BCUT2D eigenvalue weighted by Crippen LogP contribution is 2.22. The van der Waals surface area contributed by atoms with Crippen molar-refractivity contribution in [3.05, 3.63) is 54.3 Å². The molecule has 3 aromatic rings. The normalized spacial score (nSPS) is 11.7. The maximum Gasteiger partial charge on any atom is 0.222 e. The van der Waals surface area contributed by atoms with Crippen LogP contribution < -0.4 is 5.32 Å². The number of fused-ring (bicyclic) bond motifs is 1. The Morgan fingerprint density at radius 3 is 2.83 bits per heavy atom. The molecule has 0 fully saturated rings. The summed E-state index contributed by atoms with van der Waals surface area (Å²) in [6.45, 7) is 9.12. The molecule has 0 aliphatic heterocycles. The van der Waals surface area contributed by atoms with E-state index < -0.39 is 5.67 Å². The molecule has 0 spiro atoms. The molecule has 7 heteroatoms. The summed E-state index contributed by atoms with van der Waals surface area (Å²) in [7, 11) is 0. The number of hydrogen-bond acceptors (Lipinski definition) is 5. The van der Waals surface area contributed by atoms with Gasteiger partial charge in [0.05, 0.1) is 17.9 Å². The third kappa shape index (κ3) is 3.40. The molecule has 0 amide bonds. The third-order valence-electron chi connectivity index (χ3n) is 3.54. The van der Waals surface area contributed by atoms with Crippen LogP contribution in [0.4, 0.5) is 10.3 Å². The molecule has 3 heterocycles. The molecule has 0 unspecified atom stereocenters. The number of hydrogen-bond donors (Lipinski definition) is 1. The van der Waals surface area contributed by atoms with E-state index in [9.17, 15) is 4.39 Å². The first-order valence-electron chi connectivity index (χ1n) is 7.60. The Morgan fingerprint density at radius 1 is 1.33 bits per heavy atom. The molecule has 3 aromatic heterocycles. The van der Waals surface area contributed by atoms with Crippen molar-refractivity contribution in [3.63, 3.8) is 0 Å². The largest absolute Gasteiger partial charge is 0.351 e. The van der Waals surface area contributed by atoms with E-state index in [0.717, 1.165) is 28.2 Å². The predicted molar refractivity (Wildman–Crippen MR) is 91.6 cm³/mol. The van der Waals surface area contributed by atoms with Gasteiger partial charge < -0.3 is 5.32 Å². The zero-order valence-corrected chi connectivity index (χ0v) is 13.9. The highest BCUT2D eigenvalue weighted by Gasteiger charge is 2.16. The second-order valence-corrected chi connectivity index (χ2v) is 6.19. The average Bonchev–Trinajstić information content (AvgIpc) is 2.99. The Balaban J connectivity index is 1.84. The van der Waals surface area contributed by atoms with E-state index in [2.05, 4.69) is 31.9 Å². The van der Waals surface area contributed by atoms with E-state index in [4.69, 9.17) is 0 Å². The molecule has 0 bridgehead atoms. The van der Waals surface area contributed by atoms with E-state index in [1.165, 1.54) is 13.8 Å². The van der Waals surface area contributed by atoms with Crippen molar-refractivity contribution in [1.82, 2.24) is 24.6 Å². The summed E-state index contributed by atoms with van der Waals surface area (Å²) < 4.78 is 15.2. The lowest BCUT2D eigenvalue weighted by atomic mass is 10.1. The van der Waals surface area contributed by atoms with Gasteiger partial charge in [0.1, 0.15) is 5.67 Å². The van der Waals surface area contributed by atoms with Crippen LogP contribution in [0.1, 0.15) is 30.8 Å². The van der Waals surface area contributed by atoms with Crippen molar-refractivity contribution in [2.75, 3.05) is 11.9 Å². The van der Waals surface area contributed by atoms with Gasteiger partial charge in [0.2, 0.25) is 5.95 Å². The van der Waals surface area contributed by atoms with Crippen LogP contribution in [0.2, 0.25) is 0 Å². The van der Waals surface area contributed by atoms with Crippen LogP contribution in [0, 0.1) is 6.92 Å². The first kappa shape index (κ1) is 16.0. The molecule has 0 atom stereocenters. The van der Waals surface area contributed by atoms with Gasteiger partial charge in [-0.2, -0.15) is 5.10 Å². The van der Waals surface area contributed by atoms with Crippen LogP contribution in [0.5, 0.6) is 0 Å². The second-order valence-electron chi connectivity index (χ2n) is 6.19. The third-order valence-corrected chi connectivity index (χ3v) is 3.54. The zero-order chi connectivity index (χ0) is 17.3. The van der Waals surface area contributed by atoms with E-state index in [1.807, 2.05) is 19.1 Å². The zero-order valence-electron chi connectivity index (χ0n) is 13.9. The summed E-state index contributed by atoms with van der Waals surface area (Å²) in [5.74, 6) is 0.396. The van der Waals surface area contributed by atoms with E-state index in [-0.39, 0.29) is 6.54 Å². The van der Waals surface area contributed by atoms with Crippen LogP contribution in [0.15, 0.2) is 37.3 Å². The lowest BCUT2D eigenvalue weighted by Gasteiger charge is -2.15. The van der Waals surface area contributed by atoms with Crippen LogP contribution in [-0.4, -0.2) is 36.8 Å². The molecule has 0 saturated heterocycles. The number of rotatable bonds is 5. The smallest absolute Gasteiger partial charge is 0.222 e. The van der Waals surface area contributed by atoms with Gasteiger partial charge in [0.25, 0.3) is 0 Å². The average molecular weight is 326 g/mol. The Morgan fingerprint density at radius 2 is 2.12 bits per heavy atom. The lowest BCUT2D eigenvalue weighted by molar-refractivity contribution is 0.234. The Kier molecular flexibility index (Phi) is 4.01. The Bertz CT molecular complexity index is 893. The van der Waals surface area contributed by atoms with Gasteiger partial charge in [-0.15, -0.1) is 0 Å². The van der Waals surface area contributed by atoms with Crippen LogP contribution in [0.3, 0.4) is 0 Å². The summed E-state index contributed by atoms with van der Waals surface area (Å²) >= 11 is 0. The van der Waals surface area contributed by atoms with Gasteiger partial charge in [-0.1, -0.05) is 6.58 Å². The predicted octanol–water partition coefficient (Wildman–Crippen LogP) is 3.05. The summed E-state index contributed by atoms with van der Waals surface area (Å²) in [6, 6.07) is 3.74. The maximum absolute atomic E-state index is 13.6. The second kappa shape index (κ2) is 5.99. The molecule has 24 heavy (non-hydrogen) atoms. The standard InChI is InChI=1S/C17H19FN6/c1-11(14-5-6-15-19-7-8-24(15)23-14)13-9-20-16(22-12(13)2)21-10-17(3,4)18/h5-9H,1,10H2,2-4H3,(H,20,21,22). The Hall–Kier alpha value is -2.83. The number of aromatic nitrogens is 5. The lowest BCUT2D eigenvalue weighted by Crippen LogP contribution is -2.25. The van der Waals surface area contributed by atoms with Gasteiger partial charge in [-0.3, -0.25) is 0 Å². The summed E-state index contributed by atoms with van der Waals surface area (Å²) in [4.78, 5) is 12.8. The topological polar surface area (TPSA) is 68.0 Å². The Labute approximate surface area is 139 Å². The minimum Gasteiger partial charge on any atom is -0.351 e. The number of alkyl halides is 1. The number of halogens is 1. The number of nitrogens with one attached hydrogen (secondary N) is 1. The fourth-order valence-corrected chi connectivity index (χ4v) is 2.25. The van der Waals surface area contributed by atoms with Gasteiger partial charge in [-0.25, -0.2) is 23.9 Å². The van der Waals surface area contributed by atoms with E-state index >= 15 is 0 Å². The molecule has 6 nitrogen and oxygen atoms in total. The van der Waals surface area contributed by atoms with Crippen molar-refractivity contribution >= 4 is 17.2 Å². The van der Waals surface area contributed by atoms with Crippen molar-refractivity contribution in [3.8, 4) is 0 Å². The molecule has 0 aliphatic carbocycles. The molecule has 0 saturated carbocycles. The first-order chi connectivity index (χ1) is 11.3. The van der Waals surface area contributed by atoms with Gasteiger partial charge >= 0.3 is 0 Å². The summed E-state index contributed by atoms with van der Waals surface area (Å²) in [5, 5.41) is 7.37. The molecule has 0 radical (unpaired) electrons.